The summed E-state index contributed by atoms with van der Waals surface area (Å²) in [5, 5.41) is 13.7. The first kappa shape index (κ1) is 41.5. The summed E-state index contributed by atoms with van der Waals surface area (Å²) < 4.78 is 23.0. The van der Waals surface area contributed by atoms with Crippen LogP contribution in [0.25, 0.3) is 0 Å². The number of nitrogens with one attached hydrogen (secondary N) is 1. The van der Waals surface area contributed by atoms with Crippen LogP contribution in [0.5, 0.6) is 0 Å². The molecule has 42 heavy (non-hydrogen) atoms. The minimum Gasteiger partial charge on any atom is -0.756 e. The molecule has 0 heterocycles. The van der Waals surface area contributed by atoms with Gasteiger partial charge in [-0.25, -0.2) is 0 Å². The maximum Gasteiger partial charge on any atom is 0.268 e. The minimum atomic E-state index is -4.54. The molecule has 252 valence electrons. The summed E-state index contributed by atoms with van der Waals surface area (Å²) in [4.78, 5) is 25.0. The number of hydrogen-bond acceptors (Lipinski definition) is 6. The number of quaternary nitrogens is 1. The molecule has 0 aromatic rings. The number of carbonyl (C=O) groups is 1. The highest BCUT2D eigenvalue weighted by Gasteiger charge is 2.24. The van der Waals surface area contributed by atoms with Crippen LogP contribution in [0.4, 0.5) is 0 Å². The van der Waals surface area contributed by atoms with Crippen LogP contribution in [0.1, 0.15) is 155 Å². The largest absolute Gasteiger partial charge is 0.756 e. The number of aliphatic hydroxyl groups is 1. The van der Waals surface area contributed by atoms with Gasteiger partial charge in [-0.1, -0.05) is 136 Å². The molecule has 0 aliphatic heterocycles. The predicted octanol–water partition coefficient (Wildman–Crippen LogP) is 7.66. The van der Waals surface area contributed by atoms with Gasteiger partial charge in [0.25, 0.3) is 7.82 Å². The van der Waals surface area contributed by atoms with Gasteiger partial charge in [0.1, 0.15) is 13.2 Å². The van der Waals surface area contributed by atoms with E-state index in [1.165, 1.54) is 89.9 Å². The maximum absolute atomic E-state index is 12.7. The number of amides is 1. The van der Waals surface area contributed by atoms with Crippen LogP contribution in [-0.2, 0) is 18.4 Å². The van der Waals surface area contributed by atoms with Crippen LogP contribution in [0.2, 0.25) is 0 Å². The van der Waals surface area contributed by atoms with Crippen molar-refractivity contribution in [1.29, 1.82) is 0 Å². The second kappa shape index (κ2) is 26.9. The zero-order valence-electron chi connectivity index (χ0n) is 28.2. The molecule has 0 aromatic carbocycles. The number of aliphatic hydroxyl groups excluding tert-OH is 1. The molecule has 1 amide bonds. The van der Waals surface area contributed by atoms with Crippen molar-refractivity contribution in [2.75, 3.05) is 40.9 Å². The average Bonchev–Trinajstić information content (AvgIpc) is 2.92. The van der Waals surface area contributed by atoms with Crippen molar-refractivity contribution in [3.63, 3.8) is 0 Å². The molecule has 0 spiro atoms. The van der Waals surface area contributed by atoms with Gasteiger partial charge in [-0.2, -0.15) is 0 Å². The van der Waals surface area contributed by atoms with E-state index in [0.717, 1.165) is 38.5 Å². The van der Waals surface area contributed by atoms with Crippen molar-refractivity contribution in [3.05, 3.63) is 0 Å². The van der Waals surface area contributed by atoms with Gasteiger partial charge < -0.3 is 28.8 Å². The molecule has 2 N–H and O–H groups in total. The second-order valence-corrected chi connectivity index (χ2v) is 14.6. The number of phosphoric acid groups is 1. The van der Waals surface area contributed by atoms with Gasteiger partial charge >= 0.3 is 0 Å². The molecule has 0 bridgehead atoms. The quantitative estimate of drug-likeness (QED) is 0.0468. The van der Waals surface area contributed by atoms with E-state index >= 15 is 0 Å². The standard InChI is InChI=1S/C33H69N2O6P/c1-6-8-10-12-14-16-17-19-20-22-24-26-32(36)31(30-41-42(38,39)40-29-28-35(3,4)5)34-33(37)27-25-23-21-18-15-13-11-9-7-2/h31-32,36H,6-30H2,1-5H3,(H-,34,37,38,39). The SMILES string of the molecule is CCCCCCCCCCCCCC(O)C(COP(=O)([O-])OCC[N+](C)(C)C)NC(=O)CCCCCCCCCCC. The number of hydrogen-bond donors (Lipinski definition) is 2. The first-order valence-corrected chi connectivity index (χ1v) is 18.8. The molecule has 0 saturated heterocycles. The van der Waals surface area contributed by atoms with Crippen LogP contribution in [0, 0.1) is 0 Å². The van der Waals surface area contributed by atoms with Gasteiger partial charge in [-0.3, -0.25) is 9.36 Å². The highest BCUT2D eigenvalue weighted by atomic mass is 31.2. The number of phosphoric ester groups is 1. The Morgan fingerprint density at radius 1 is 0.738 bits per heavy atom. The lowest BCUT2D eigenvalue weighted by molar-refractivity contribution is -0.870. The highest BCUT2D eigenvalue weighted by Crippen LogP contribution is 2.38. The summed E-state index contributed by atoms with van der Waals surface area (Å²) in [5.74, 6) is -0.170. The van der Waals surface area contributed by atoms with E-state index in [-0.39, 0.29) is 19.1 Å². The van der Waals surface area contributed by atoms with Crippen molar-refractivity contribution >= 4 is 13.7 Å². The molecule has 8 nitrogen and oxygen atoms in total. The zero-order valence-corrected chi connectivity index (χ0v) is 29.1. The predicted molar refractivity (Wildman–Crippen MR) is 173 cm³/mol. The topological polar surface area (TPSA) is 108 Å². The van der Waals surface area contributed by atoms with Crippen molar-refractivity contribution in [2.24, 2.45) is 0 Å². The molecule has 0 radical (unpaired) electrons. The van der Waals surface area contributed by atoms with E-state index in [1.54, 1.807) is 0 Å². The third-order valence-electron chi connectivity index (χ3n) is 7.85. The number of rotatable bonds is 31. The summed E-state index contributed by atoms with van der Waals surface area (Å²) in [7, 11) is 1.31. The summed E-state index contributed by atoms with van der Waals surface area (Å²) in [6, 6.07) is -0.788. The normalized spacial score (nSPS) is 14.9. The summed E-state index contributed by atoms with van der Waals surface area (Å²) in [6.45, 7) is 4.66. The molecule has 0 fully saturated rings. The first-order chi connectivity index (χ1) is 20.0. The lowest BCUT2D eigenvalue weighted by Crippen LogP contribution is -2.46. The van der Waals surface area contributed by atoms with Crippen molar-refractivity contribution in [1.82, 2.24) is 5.32 Å². The molecular formula is C33H69N2O6P. The van der Waals surface area contributed by atoms with Gasteiger partial charge in [-0.15, -0.1) is 0 Å². The minimum absolute atomic E-state index is 0.0151. The fraction of sp³-hybridized carbons (Fsp3) is 0.970. The smallest absolute Gasteiger partial charge is 0.268 e. The molecule has 9 heteroatoms. The average molecular weight is 621 g/mol. The van der Waals surface area contributed by atoms with Crippen LogP contribution < -0.4 is 10.2 Å². The van der Waals surface area contributed by atoms with Gasteiger partial charge in [0.05, 0.1) is 39.9 Å². The van der Waals surface area contributed by atoms with Crippen molar-refractivity contribution in [3.8, 4) is 0 Å². The Morgan fingerprint density at radius 2 is 1.17 bits per heavy atom. The Balaban J connectivity index is 4.52. The van der Waals surface area contributed by atoms with E-state index in [1.807, 2.05) is 21.1 Å². The molecular weight excluding hydrogens is 551 g/mol. The number of nitrogens with zero attached hydrogens (tertiary/aromatic N) is 1. The number of unbranched alkanes of at least 4 members (excludes halogenated alkanes) is 18. The number of likely N-dealkylation sites (N-methyl/N-ethyl adjacent to an activating group) is 1. The van der Waals surface area contributed by atoms with Crippen molar-refractivity contribution in [2.45, 2.75) is 167 Å². The lowest BCUT2D eigenvalue weighted by atomic mass is 10.0. The van der Waals surface area contributed by atoms with E-state index in [0.29, 0.717) is 23.9 Å². The Hall–Kier alpha value is -0.500. The first-order valence-electron chi connectivity index (χ1n) is 17.4. The Labute approximate surface area is 259 Å². The summed E-state index contributed by atoms with van der Waals surface area (Å²) >= 11 is 0. The van der Waals surface area contributed by atoms with Gasteiger partial charge in [0.2, 0.25) is 5.91 Å². The molecule has 0 aromatic heterocycles. The molecule has 3 atom stereocenters. The molecule has 0 aliphatic carbocycles. The van der Waals surface area contributed by atoms with E-state index in [4.69, 9.17) is 9.05 Å². The Kier molecular flexibility index (Phi) is 26.5. The van der Waals surface area contributed by atoms with Gasteiger partial charge in [0.15, 0.2) is 0 Å². The Bertz CT molecular complexity index is 673. The molecule has 0 aliphatic rings. The fourth-order valence-corrected chi connectivity index (χ4v) is 5.70. The van der Waals surface area contributed by atoms with E-state index in [9.17, 15) is 19.4 Å². The maximum atomic E-state index is 12.7. The van der Waals surface area contributed by atoms with Gasteiger partial charge in [0, 0.05) is 6.42 Å². The van der Waals surface area contributed by atoms with Crippen molar-refractivity contribution < 1.29 is 32.9 Å². The summed E-state index contributed by atoms with van der Waals surface area (Å²) in [6.07, 6.45) is 23.9. The lowest BCUT2D eigenvalue weighted by Gasteiger charge is -2.30. The highest BCUT2D eigenvalue weighted by molar-refractivity contribution is 7.45. The molecule has 0 rings (SSSR count). The monoisotopic (exact) mass is 620 g/mol. The molecule has 3 unspecified atom stereocenters. The fourth-order valence-electron chi connectivity index (χ4n) is 4.98. The third-order valence-corrected chi connectivity index (χ3v) is 8.81. The zero-order chi connectivity index (χ0) is 31.5. The van der Waals surface area contributed by atoms with Crippen LogP contribution in [0.3, 0.4) is 0 Å². The summed E-state index contributed by atoms with van der Waals surface area (Å²) in [5.41, 5.74) is 0. The molecule has 0 saturated carbocycles. The van der Waals surface area contributed by atoms with Gasteiger partial charge in [-0.05, 0) is 12.8 Å². The van der Waals surface area contributed by atoms with Crippen LogP contribution >= 0.6 is 7.82 Å². The van der Waals surface area contributed by atoms with E-state index in [2.05, 4.69) is 19.2 Å². The number of carbonyl (C=O) groups excluding carboxylic acids is 1. The third kappa shape index (κ3) is 28.3. The second-order valence-electron chi connectivity index (χ2n) is 13.2. The van der Waals surface area contributed by atoms with Crippen LogP contribution in [0.15, 0.2) is 0 Å². The van der Waals surface area contributed by atoms with E-state index < -0.39 is 20.0 Å². The Morgan fingerprint density at radius 3 is 1.62 bits per heavy atom. The van der Waals surface area contributed by atoms with Crippen LogP contribution in [-0.4, -0.2) is 68.5 Å².